The minimum Gasteiger partial charge on any atom is -0.479 e. The maximum Gasteiger partial charge on any atom is 0.333 e. The van der Waals surface area contributed by atoms with Crippen LogP contribution >= 0.6 is 0 Å². The molecule has 140 valence electrons. The molecule has 0 radical (unpaired) electrons. The van der Waals surface area contributed by atoms with Crippen LogP contribution in [0.4, 0.5) is 0 Å². The van der Waals surface area contributed by atoms with Gasteiger partial charge in [-0.25, -0.2) is 4.79 Å². The van der Waals surface area contributed by atoms with E-state index in [2.05, 4.69) is 0 Å². The van der Waals surface area contributed by atoms with E-state index >= 15 is 0 Å². The highest BCUT2D eigenvalue weighted by Crippen LogP contribution is 2.23. The number of hydrogen-bond acceptors (Lipinski definition) is 6. The third-order valence-electron chi connectivity index (χ3n) is 3.94. The molecule has 0 aromatic heterocycles. The van der Waals surface area contributed by atoms with Gasteiger partial charge >= 0.3 is 11.9 Å². The summed E-state index contributed by atoms with van der Waals surface area (Å²) in [4.78, 5) is 34.3. The van der Waals surface area contributed by atoms with Crippen LogP contribution in [-0.4, -0.2) is 47.9 Å². The average molecular weight is 362 g/mol. The molecule has 0 amide bonds. The lowest BCUT2D eigenvalue weighted by atomic mass is 9.96. The standard InChI is InChI=1S/C19H22O7/c1-12(20)15-8-9-18(26-17(15)11-24-13(2)21)25-16(19(22)23)10-14-6-4-3-5-7-14/h3-9,15-18H,10-11H2,1-2H3,(H,22,23). The largest absolute Gasteiger partial charge is 0.479 e. The number of carbonyl (C=O) groups excluding carboxylic acids is 2. The Morgan fingerprint density at radius 2 is 1.85 bits per heavy atom. The summed E-state index contributed by atoms with van der Waals surface area (Å²) in [5, 5.41) is 9.42. The zero-order valence-electron chi connectivity index (χ0n) is 14.7. The van der Waals surface area contributed by atoms with Crippen molar-refractivity contribution in [3.8, 4) is 0 Å². The summed E-state index contributed by atoms with van der Waals surface area (Å²) in [5.74, 6) is -2.32. The van der Waals surface area contributed by atoms with Gasteiger partial charge in [-0.15, -0.1) is 0 Å². The van der Waals surface area contributed by atoms with Crippen LogP contribution in [0.5, 0.6) is 0 Å². The lowest BCUT2D eigenvalue weighted by Gasteiger charge is -2.31. The number of Topliss-reactive ketones (excluding diaryl/α,β-unsaturated/α-hetero) is 1. The Hall–Kier alpha value is -2.51. The van der Waals surface area contributed by atoms with Crippen LogP contribution in [0.2, 0.25) is 0 Å². The Morgan fingerprint density at radius 1 is 1.15 bits per heavy atom. The zero-order chi connectivity index (χ0) is 19.1. The summed E-state index contributed by atoms with van der Waals surface area (Å²) in [6.07, 6.45) is 0.502. The topological polar surface area (TPSA) is 99.1 Å². The lowest BCUT2D eigenvalue weighted by Crippen LogP contribution is -2.42. The Balaban J connectivity index is 2.06. The van der Waals surface area contributed by atoms with Gasteiger partial charge in [0.05, 0.1) is 5.92 Å². The highest BCUT2D eigenvalue weighted by Gasteiger charge is 2.33. The van der Waals surface area contributed by atoms with E-state index in [-0.39, 0.29) is 18.8 Å². The molecule has 1 aliphatic heterocycles. The van der Waals surface area contributed by atoms with Crippen molar-refractivity contribution >= 4 is 17.7 Å². The summed E-state index contributed by atoms with van der Waals surface area (Å²) >= 11 is 0. The molecule has 0 aliphatic carbocycles. The van der Waals surface area contributed by atoms with E-state index in [1.165, 1.54) is 19.9 Å². The number of ketones is 1. The summed E-state index contributed by atoms with van der Waals surface area (Å²) in [7, 11) is 0. The molecule has 0 bridgehead atoms. The second-order valence-corrected chi connectivity index (χ2v) is 6.02. The molecular formula is C19H22O7. The highest BCUT2D eigenvalue weighted by atomic mass is 16.7. The summed E-state index contributed by atoms with van der Waals surface area (Å²) in [5.41, 5.74) is 0.817. The van der Waals surface area contributed by atoms with Crippen molar-refractivity contribution in [2.45, 2.75) is 38.8 Å². The van der Waals surface area contributed by atoms with Crippen LogP contribution in [-0.2, 0) is 35.0 Å². The van der Waals surface area contributed by atoms with Gasteiger partial charge in [-0.1, -0.05) is 36.4 Å². The fourth-order valence-electron chi connectivity index (χ4n) is 2.64. The van der Waals surface area contributed by atoms with Crippen molar-refractivity contribution in [1.82, 2.24) is 0 Å². The molecule has 0 saturated carbocycles. The molecule has 1 heterocycles. The molecular weight excluding hydrogens is 340 g/mol. The normalized spacial score (nSPS) is 23.2. The first-order chi connectivity index (χ1) is 12.4. The van der Waals surface area contributed by atoms with Gasteiger partial charge in [0.1, 0.15) is 18.5 Å². The molecule has 7 heteroatoms. The third kappa shape index (κ3) is 5.79. The Labute approximate surface area is 151 Å². The van der Waals surface area contributed by atoms with E-state index in [0.717, 1.165) is 5.56 Å². The first-order valence-corrected chi connectivity index (χ1v) is 8.26. The van der Waals surface area contributed by atoms with Crippen molar-refractivity contribution in [1.29, 1.82) is 0 Å². The fourth-order valence-corrected chi connectivity index (χ4v) is 2.64. The molecule has 0 spiro atoms. The molecule has 4 atom stereocenters. The smallest absolute Gasteiger partial charge is 0.333 e. The maximum absolute atomic E-state index is 11.7. The van der Waals surface area contributed by atoms with E-state index in [1.54, 1.807) is 6.08 Å². The summed E-state index contributed by atoms with van der Waals surface area (Å²) in [6.45, 7) is 2.56. The highest BCUT2D eigenvalue weighted by molar-refractivity contribution is 5.81. The van der Waals surface area contributed by atoms with Crippen LogP contribution in [0, 0.1) is 5.92 Å². The molecule has 1 aliphatic rings. The fraction of sp³-hybridized carbons (Fsp3) is 0.421. The van der Waals surface area contributed by atoms with Crippen molar-refractivity contribution in [2.75, 3.05) is 6.61 Å². The number of hydrogen-bond donors (Lipinski definition) is 1. The van der Waals surface area contributed by atoms with Crippen molar-refractivity contribution < 1.29 is 33.7 Å². The predicted octanol–water partition coefficient (Wildman–Crippen LogP) is 1.75. The minimum atomic E-state index is -1.12. The molecule has 7 nitrogen and oxygen atoms in total. The molecule has 1 aromatic rings. The number of carboxylic acids is 1. The summed E-state index contributed by atoms with van der Waals surface area (Å²) < 4.78 is 16.2. The maximum atomic E-state index is 11.7. The molecule has 1 aromatic carbocycles. The number of esters is 1. The van der Waals surface area contributed by atoms with Gasteiger partial charge in [-0.2, -0.15) is 0 Å². The number of aliphatic carboxylic acids is 1. The SMILES string of the molecule is CC(=O)OCC1OC(OC(Cc2ccccc2)C(=O)O)C=CC1C(C)=O. The third-order valence-corrected chi connectivity index (χ3v) is 3.94. The molecule has 4 unspecified atom stereocenters. The van der Waals surface area contributed by atoms with Gasteiger partial charge in [0, 0.05) is 13.3 Å². The van der Waals surface area contributed by atoms with Gasteiger partial charge in [-0.3, -0.25) is 9.59 Å². The molecule has 0 fully saturated rings. The molecule has 26 heavy (non-hydrogen) atoms. The summed E-state index contributed by atoms with van der Waals surface area (Å²) in [6, 6.07) is 9.10. The Bertz CT molecular complexity index is 668. The number of benzene rings is 1. The minimum absolute atomic E-state index is 0.111. The molecule has 0 saturated heterocycles. The van der Waals surface area contributed by atoms with E-state index in [0.29, 0.717) is 0 Å². The zero-order valence-corrected chi connectivity index (χ0v) is 14.7. The number of carboxylic acid groups (broad SMARTS) is 1. The molecule has 1 N–H and O–H groups in total. The second kappa shape index (κ2) is 9.26. The number of rotatable bonds is 8. The number of ether oxygens (including phenoxy) is 3. The molecule has 2 rings (SSSR count). The Kier molecular flexibility index (Phi) is 7.06. The predicted molar refractivity (Wildman–Crippen MR) is 91.3 cm³/mol. The van der Waals surface area contributed by atoms with E-state index in [1.807, 2.05) is 30.3 Å². The van der Waals surface area contributed by atoms with Crippen LogP contribution < -0.4 is 0 Å². The van der Waals surface area contributed by atoms with Gasteiger partial charge in [-0.05, 0) is 18.6 Å². The van der Waals surface area contributed by atoms with Gasteiger partial charge in [0.25, 0.3) is 0 Å². The van der Waals surface area contributed by atoms with E-state index in [4.69, 9.17) is 14.2 Å². The van der Waals surface area contributed by atoms with E-state index < -0.39 is 36.4 Å². The monoisotopic (exact) mass is 362 g/mol. The van der Waals surface area contributed by atoms with Crippen LogP contribution in [0.1, 0.15) is 19.4 Å². The van der Waals surface area contributed by atoms with Crippen molar-refractivity contribution in [2.24, 2.45) is 5.92 Å². The first kappa shape index (κ1) is 19.8. The number of carbonyl (C=O) groups is 3. The van der Waals surface area contributed by atoms with Gasteiger partial charge < -0.3 is 19.3 Å². The van der Waals surface area contributed by atoms with Crippen LogP contribution in [0.15, 0.2) is 42.5 Å². The van der Waals surface area contributed by atoms with Crippen LogP contribution in [0.3, 0.4) is 0 Å². The second-order valence-electron chi connectivity index (χ2n) is 6.02. The van der Waals surface area contributed by atoms with Crippen LogP contribution in [0.25, 0.3) is 0 Å². The first-order valence-electron chi connectivity index (χ1n) is 8.26. The van der Waals surface area contributed by atoms with Crippen molar-refractivity contribution in [3.05, 3.63) is 48.0 Å². The lowest BCUT2D eigenvalue weighted by molar-refractivity contribution is -0.203. The Morgan fingerprint density at radius 3 is 2.42 bits per heavy atom. The quantitative estimate of drug-likeness (QED) is 0.555. The van der Waals surface area contributed by atoms with Gasteiger partial charge in [0.2, 0.25) is 0 Å². The van der Waals surface area contributed by atoms with E-state index in [9.17, 15) is 19.5 Å². The van der Waals surface area contributed by atoms with Gasteiger partial charge in [0.15, 0.2) is 12.4 Å². The van der Waals surface area contributed by atoms with Crippen molar-refractivity contribution in [3.63, 3.8) is 0 Å². The average Bonchev–Trinajstić information content (AvgIpc) is 2.60.